The Morgan fingerprint density at radius 3 is 2.96 bits per heavy atom. The predicted octanol–water partition coefficient (Wildman–Crippen LogP) is 1.90. The number of anilines is 1. The molecular formula is C18H15ClN8O. The van der Waals surface area contributed by atoms with Gasteiger partial charge in [0.2, 0.25) is 0 Å². The number of rotatable bonds is 4. The summed E-state index contributed by atoms with van der Waals surface area (Å²) in [7, 11) is 0. The Morgan fingerprint density at radius 1 is 1.25 bits per heavy atom. The highest BCUT2D eigenvalue weighted by molar-refractivity contribution is 6.34. The lowest BCUT2D eigenvalue weighted by atomic mass is 10.0. The zero-order valence-corrected chi connectivity index (χ0v) is 15.3. The second kappa shape index (κ2) is 6.70. The van der Waals surface area contributed by atoms with Crippen LogP contribution in [0.2, 0.25) is 5.02 Å². The second-order valence-electron chi connectivity index (χ2n) is 6.50. The summed E-state index contributed by atoms with van der Waals surface area (Å²) in [5.74, 6) is 0.689. The molecule has 9 nitrogen and oxygen atoms in total. The lowest BCUT2D eigenvalue weighted by Gasteiger charge is -2.23. The molecule has 1 saturated heterocycles. The topological polar surface area (TPSA) is 102 Å². The normalized spacial score (nSPS) is 14.2. The minimum Gasteiger partial charge on any atom is -0.320 e. The van der Waals surface area contributed by atoms with Gasteiger partial charge in [-0.25, -0.2) is 4.52 Å². The van der Waals surface area contributed by atoms with E-state index < -0.39 is 0 Å². The molecule has 28 heavy (non-hydrogen) atoms. The molecule has 0 radical (unpaired) electrons. The zero-order valence-electron chi connectivity index (χ0n) is 14.6. The molecule has 0 spiro atoms. The van der Waals surface area contributed by atoms with E-state index >= 15 is 0 Å². The first kappa shape index (κ1) is 16.8. The SMILES string of the molecule is O=C(Nc1cc(-n2nnc(C3CNC3)n2)ccc1Cl)c1cnn2ccccc12. The van der Waals surface area contributed by atoms with Crippen LogP contribution in [0.1, 0.15) is 22.1 Å². The van der Waals surface area contributed by atoms with Crippen molar-refractivity contribution < 1.29 is 4.79 Å². The second-order valence-corrected chi connectivity index (χ2v) is 6.91. The summed E-state index contributed by atoms with van der Waals surface area (Å²) in [6.07, 6.45) is 3.31. The number of aromatic nitrogens is 6. The molecule has 140 valence electrons. The third-order valence-corrected chi connectivity index (χ3v) is 5.01. The van der Waals surface area contributed by atoms with Crippen LogP contribution in [-0.4, -0.2) is 48.8 Å². The van der Waals surface area contributed by atoms with Gasteiger partial charge >= 0.3 is 0 Å². The number of hydrogen-bond acceptors (Lipinski definition) is 6. The molecule has 0 atom stereocenters. The third kappa shape index (κ3) is 2.90. The van der Waals surface area contributed by atoms with Crippen LogP contribution < -0.4 is 10.6 Å². The summed E-state index contributed by atoms with van der Waals surface area (Å²) in [5, 5.41) is 23.3. The van der Waals surface area contributed by atoms with Crippen molar-refractivity contribution in [2.45, 2.75) is 5.92 Å². The Labute approximate surface area is 164 Å². The fourth-order valence-electron chi connectivity index (χ4n) is 3.00. The Hall–Kier alpha value is -3.30. The number of nitrogens with zero attached hydrogens (tertiary/aromatic N) is 6. The Kier molecular flexibility index (Phi) is 4.03. The maximum atomic E-state index is 12.7. The van der Waals surface area contributed by atoms with Gasteiger partial charge in [-0.15, -0.1) is 15.0 Å². The van der Waals surface area contributed by atoms with Gasteiger partial charge in [-0.2, -0.15) is 5.10 Å². The van der Waals surface area contributed by atoms with Crippen LogP contribution in [0.4, 0.5) is 5.69 Å². The van der Waals surface area contributed by atoms with Gasteiger partial charge in [0.15, 0.2) is 5.82 Å². The predicted molar refractivity (Wildman–Crippen MR) is 103 cm³/mol. The summed E-state index contributed by atoms with van der Waals surface area (Å²) < 4.78 is 1.64. The van der Waals surface area contributed by atoms with Gasteiger partial charge in [0, 0.05) is 25.2 Å². The van der Waals surface area contributed by atoms with E-state index in [0.29, 0.717) is 33.3 Å². The number of tetrazole rings is 1. The van der Waals surface area contributed by atoms with E-state index in [1.54, 1.807) is 28.9 Å². The van der Waals surface area contributed by atoms with Crippen LogP contribution in [0.5, 0.6) is 0 Å². The van der Waals surface area contributed by atoms with Crippen LogP contribution in [-0.2, 0) is 0 Å². The first-order chi connectivity index (χ1) is 13.7. The molecule has 0 unspecified atom stereocenters. The number of fused-ring (bicyclic) bond motifs is 1. The average Bonchev–Trinajstić information content (AvgIpc) is 3.29. The highest BCUT2D eigenvalue weighted by atomic mass is 35.5. The average molecular weight is 395 g/mol. The standard InChI is InChI=1S/C18H15ClN8O/c19-14-5-4-12(27-24-17(23-25-27)11-8-20-9-11)7-15(14)22-18(28)13-10-21-26-6-2-1-3-16(13)26/h1-7,10-11,20H,8-9H2,(H,22,28). The molecule has 1 amide bonds. The van der Waals surface area contributed by atoms with Crippen LogP contribution in [0, 0.1) is 0 Å². The lowest BCUT2D eigenvalue weighted by molar-refractivity contribution is 0.102. The summed E-state index contributed by atoms with van der Waals surface area (Å²) in [6.45, 7) is 1.71. The minimum atomic E-state index is -0.298. The van der Waals surface area contributed by atoms with Gasteiger partial charge in [-0.05, 0) is 35.5 Å². The van der Waals surface area contributed by atoms with Crippen molar-refractivity contribution >= 4 is 28.7 Å². The molecule has 1 aliphatic rings. The highest BCUT2D eigenvalue weighted by Crippen LogP contribution is 2.26. The van der Waals surface area contributed by atoms with E-state index in [1.165, 1.54) is 11.0 Å². The monoisotopic (exact) mass is 394 g/mol. The summed E-state index contributed by atoms with van der Waals surface area (Å²) in [4.78, 5) is 14.2. The van der Waals surface area contributed by atoms with Gasteiger partial charge in [-0.1, -0.05) is 17.7 Å². The molecular weight excluding hydrogens is 380 g/mol. The molecule has 5 rings (SSSR count). The van der Waals surface area contributed by atoms with E-state index in [4.69, 9.17) is 11.6 Å². The third-order valence-electron chi connectivity index (χ3n) is 4.68. The van der Waals surface area contributed by atoms with Crippen molar-refractivity contribution in [2.75, 3.05) is 18.4 Å². The largest absolute Gasteiger partial charge is 0.320 e. The van der Waals surface area contributed by atoms with E-state index in [2.05, 4.69) is 31.1 Å². The summed E-state index contributed by atoms with van der Waals surface area (Å²) in [5.41, 5.74) is 2.29. The van der Waals surface area contributed by atoms with Crippen LogP contribution in [0.3, 0.4) is 0 Å². The number of hydrogen-bond donors (Lipinski definition) is 2. The molecule has 2 N–H and O–H groups in total. The maximum absolute atomic E-state index is 12.7. The smallest absolute Gasteiger partial charge is 0.259 e. The Morgan fingerprint density at radius 2 is 2.14 bits per heavy atom. The van der Waals surface area contributed by atoms with Gasteiger partial charge in [-0.3, -0.25) is 4.79 Å². The molecule has 4 aromatic rings. The molecule has 0 aliphatic carbocycles. The van der Waals surface area contributed by atoms with Crippen molar-refractivity contribution in [3.8, 4) is 5.69 Å². The molecule has 0 saturated carbocycles. The van der Waals surface area contributed by atoms with E-state index in [-0.39, 0.29) is 11.8 Å². The zero-order chi connectivity index (χ0) is 19.1. The number of nitrogens with one attached hydrogen (secondary N) is 2. The summed E-state index contributed by atoms with van der Waals surface area (Å²) >= 11 is 6.29. The van der Waals surface area contributed by atoms with Crippen molar-refractivity contribution in [3.63, 3.8) is 0 Å². The molecule has 0 bridgehead atoms. The van der Waals surface area contributed by atoms with Crippen molar-refractivity contribution in [3.05, 3.63) is 65.2 Å². The molecule has 1 fully saturated rings. The Balaban J connectivity index is 1.43. The highest BCUT2D eigenvalue weighted by Gasteiger charge is 2.24. The van der Waals surface area contributed by atoms with E-state index in [0.717, 1.165) is 13.1 Å². The fraction of sp³-hybridized carbons (Fsp3) is 0.167. The lowest BCUT2D eigenvalue weighted by Crippen LogP contribution is -2.40. The van der Waals surface area contributed by atoms with Gasteiger partial charge in [0.25, 0.3) is 5.91 Å². The number of benzene rings is 1. The van der Waals surface area contributed by atoms with Crippen molar-refractivity contribution in [2.24, 2.45) is 0 Å². The van der Waals surface area contributed by atoms with E-state index in [9.17, 15) is 4.79 Å². The van der Waals surface area contributed by atoms with E-state index in [1.807, 2.05) is 18.2 Å². The Bertz CT molecular complexity index is 1180. The molecule has 1 aromatic carbocycles. The molecule has 3 aromatic heterocycles. The summed E-state index contributed by atoms with van der Waals surface area (Å²) in [6, 6.07) is 10.7. The minimum absolute atomic E-state index is 0.288. The number of amides is 1. The number of pyridine rings is 1. The number of carbonyl (C=O) groups excluding carboxylic acids is 1. The van der Waals surface area contributed by atoms with Crippen LogP contribution in [0.15, 0.2) is 48.8 Å². The van der Waals surface area contributed by atoms with Gasteiger partial charge < -0.3 is 10.6 Å². The fourth-order valence-corrected chi connectivity index (χ4v) is 3.17. The van der Waals surface area contributed by atoms with Crippen molar-refractivity contribution in [1.82, 2.24) is 35.1 Å². The number of halogens is 1. The molecule has 10 heteroatoms. The van der Waals surface area contributed by atoms with Gasteiger partial charge in [0.1, 0.15) is 0 Å². The molecule has 4 heterocycles. The first-order valence-corrected chi connectivity index (χ1v) is 9.11. The quantitative estimate of drug-likeness (QED) is 0.548. The number of carbonyl (C=O) groups is 1. The maximum Gasteiger partial charge on any atom is 0.259 e. The van der Waals surface area contributed by atoms with Crippen LogP contribution in [0.25, 0.3) is 11.2 Å². The van der Waals surface area contributed by atoms with Crippen molar-refractivity contribution in [1.29, 1.82) is 0 Å². The van der Waals surface area contributed by atoms with Crippen LogP contribution >= 0.6 is 11.6 Å². The molecule has 1 aliphatic heterocycles. The first-order valence-electron chi connectivity index (χ1n) is 8.73. The van der Waals surface area contributed by atoms with Gasteiger partial charge in [0.05, 0.1) is 33.7 Å².